The molecular formula is C23H26N4O. The standard InChI is InChI=1S/C23H26N4O/c1-25-16-12-22(13-17-25)27(21-6-3-2-4-7-21)23(28)18-19-8-10-20(11-9-19)26-15-5-14-24-26/h2-11,14-15,22H,12-13,16-18H2,1H3. The number of para-hydroxylation sites is 1. The van der Waals surface area contributed by atoms with Gasteiger partial charge in [-0.2, -0.15) is 5.10 Å². The summed E-state index contributed by atoms with van der Waals surface area (Å²) >= 11 is 0. The van der Waals surface area contributed by atoms with E-state index in [4.69, 9.17) is 0 Å². The van der Waals surface area contributed by atoms with Gasteiger partial charge in [-0.15, -0.1) is 0 Å². The Bertz CT molecular complexity index is 882. The Balaban J connectivity index is 1.52. The van der Waals surface area contributed by atoms with E-state index in [0.29, 0.717) is 6.42 Å². The lowest BCUT2D eigenvalue weighted by Crippen LogP contribution is -2.47. The molecule has 2 aromatic carbocycles. The van der Waals surface area contributed by atoms with E-state index in [-0.39, 0.29) is 11.9 Å². The molecule has 28 heavy (non-hydrogen) atoms. The highest BCUT2D eigenvalue weighted by Gasteiger charge is 2.28. The van der Waals surface area contributed by atoms with Crippen LogP contribution in [0.5, 0.6) is 0 Å². The van der Waals surface area contributed by atoms with Gasteiger partial charge in [-0.3, -0.25) is 4.79 Å². The third-order valence-corrected chi connectivity index (χ3v) is 5.42. The molecule has 0 spiro atoms. The van der Waals surface area contributed by atoms with Crippen molar-refractivity contribution in [2.75, 3.05) is 25.0 Å². The molecule has 5 nitrogen and oxygen atoms in total. The van der Waals surface area contributed by atoms with Crippen LogP contribution in [0.1, 0.15) is 18.4 Å². The van der Waals surface area contributed by atoms with E-state index < -0.39 is 0 Å². The van der Waals surface area contributed by atoms with Gasteiger partial charge in [-0.1, -0.05) is 30.3 Å². The number of hydrogen-bond acceptors (Lipinski definition) is 3. The molecule has 0 aliphatic carbocycles. The number of aromatic nitrogens is 2. The van der Waals surface area contributed by atoms with E-state index in [2.05, 4.69) is 17.0 Å². The smallest absolute Gasteiger partial charge is 0.231 e. The second-order valence-corrected chi connectivity index (χ2v) is 7.43. The second-order valence-electron chi connectivity index (χ2n) is 7.43. The molecule has 0 N–H and O–H groups in total. The van der Waals surface area contributed by atoms with Gasteiger partial charge in [0.1, 0.15) is 0 Å². The lowest BCUT2D eigenvalue weighted by Gasteiger charge is -2.37. The van der Waals surface area contributed by atoms with Gasteiger partial charge in [-0.05, 0) is 68.9 Å². The fraction of sp³-hybridized carbons (Fsp3) is 0.304. The Hall–Kier alpha value is -2.92. The number of rotatable bonds is 5. The Labute approximate surface area is 166 Å². The Kier molecular flexibility index (Phi) is 5.53. The minimum absolute atomic E-state index is 0.160. The molecule has 0 radical (unpaired) electrons. The molecule has 4 rings (SSSR count). The molecule has 1 aromatic heterocycles. The molecule has 2 heterocycles. The summed E-state index contributed by atoms with van der Waals surface area (Å²) in [4.78, 5) is 17.7. The van der Waals surface area contributed by atoms with Crippen molar-refractivity contribution in [3.05, 3.63) is 78.6 Å². The zero-order chi connectivity index (χ0) is 19.3. The highest BCUT2D eigenvalue weighted by Crippen LogP contribution is 2.24. The lowest BCUT2D eigenvalue weighted by molar-refractivity contribution is -0.118. The number of amides is 1. The van der Waals surface area contributed by atoms with E-state index >= 15 is 0 Å². The Morgan fingerprint density at radius 3 is 2.39 bits per heavy atom. The quantitative estimate of drug-likeness (QED) is 0.686. The largest absolute Gasteiger partial charge is 0.309 e. The van der Waals surface area contributed by atoms with Crippen LogP contribution >= 0.6 is 0 Å². The monoisotopic (exact) mass is 374 g/mol. The number of carbonyl (C=O) groups is 1. The molecule has 3 aromatic rings. The predicted molar refractivity (Wildman–Crippen MR) is 112 cm³/mol. The molecule has 144 valence electrons. The normalized spacial score (nSPS) is 15.5. The van der Waals surface area contributed by atoms with Crippen molar-refractivity contribution in [2.45, 2.75) is 25.3 Å². The lowest BCUT2D eigenvalue weighted by atomic mass is 10.0. The van der Waals surface area contributed by atoms with Crippen LogP contribution in [0.2, 0.25) is 0 Å². The molecule has 0 saturated carbocycles. The van der Waals surface area contributed by atoms with Gasteiger partial charge in [-0.25, -0.2) is 4.68 Å². The van der Waals surface area contributed by atoms with Crippen molar-refractivity contribution < 1.29 is 4.79 Å². The van der Waals surface area contributed by atoms with Gasteiger partial charge in [0, 0.05) is 24.1 Å². The Morgan fingerprint density at radius 1 is 1.04 bits per heavy atom. The molecule has 0 unspecified atom stereocenters. The van der Waals surface area contributed by atoms with E-state index in [1.165, 1.54) is 0 Å². The van der Waals surface area contributed by atoms with E-state index in [9.17, 15) is 4.79 Å². The molecule has 1 aliphatic heterocycles. The summed E-state index contributed by atoms with van der Waals surface area (Å²) in [6.45, 7) is 2.06. The predicted octanol–water partition coefficient (Wildman–Crippen LogP) is 3.54. The van der Waals surface area contributed by atoms with Crippen LogP contribution in [0.3, 0.4) is 0 Å². The summed E-state index contributed by atoms with van der Waals surface area (Å²) in [6, 6.07) is 20.3. The molecule has 1 amide bonds. The van der Waals surface area contributed by atoms with Crippen LogP contribution in [-0.4, -0.2) is 46.8 Å². The first kappa shape index (κ1) is 18.4. The van der Waals surface area contributed by atoms with E-state index in [0.717, 1.165) is 42.9 Å². The van der Waals surface area contributed by atoms with E-state index in [1.807, 2.05) is 76.4 Å². The summed E-state index contributed by atoms with van der Waals surface area (Å²) in [7, 11) is 2.14. The van der Waals surface area contributed by atoms with Crippen molar-refractivity contribution >= 4 is 11.6 Å². The second kappa shape index (κ2) is 8.40. The number of piperidine rings is 1. The van der Waals surface area contributed by atoms with Crippen LogP contribution in [0.25, 0.3) is 5.69 Å². The molecule has 0 atom stereocenters. The number of anilines is 1. The zero-order valence-corrected chi connectivity index (χ0v) is 16.2. The van der Waals surface area contributed by atoms with Gasteiger partial charge in [0.25, 0.3) is 0 Å². The van der Waals surface area contributed by atoms with Gasteiger partial charge in [0.05, 0.1) is 12.1 Å². The maximum atomic E-state index is 13.3. The summed E-state index contributed by atoms with van der Waals surface area (Å²) in [5.74, 6) is 0.160. The average molecular weight is 374 g/mol. The van der Waals surface area contributed by atoms with Crippen LogP contribution < -0.4 is 4.90 Å². The molecule has 1 fully saturated rings. The van der Waals surface area contributed by atoms with Gasteiger partial charge < -0.3 is 9.80 Å². The van der Waals surface area contributed by atoms with Crippen molar-refractivity contribution in [2.24, 2.45) is 0 Å². The van der Waals surface area contributed by atoms with E-state index in [1.54, 1.807) is 6.20 Å². The molecule has 1 saturated heterocycles. The first-order chi connectivity index (χ1) is 13.7. The minimum atomic E-state index is 0.160. The average Bonchev–Trinajstić information content (AvgIpc) is 3.26. The minimum Gasteiger partial charge on any atom is -0.309 e. The van der Waals surface area contributed by atoms with Crippen molar-refractivity contribution in [3.63, 3.8) is 0 Å². The van der Waals surface area contributed by atoms with Crippen LogP contribution in [-0.2, 0) is 11.2 Å². The van der Waals surface area contributed by atoms with Crippen LogP contribution in [0, 0.1) is 0 Å². The number of benzene rings is 2. The van der Waals surface area contributed by atoms with Crippen LogP contribution in [0.4, 0.5) is 5.69 Å². The third-order valence-electron chi connectivity index (χ3n) is 5.42. The Morgan fingerprint density at radius 2 is 1.75 bits per heavy atom. The zero-order valence-electron chi connectivity index (χ0n) is 16.2. The van der Waals surface area contributed by atoms with Gasteiger partial charge in [0.15, 0.2) is 0 Å². The number of hydrogen-bond donors (Lipinski definition) is 0. The molecule has 0 bridgehead atoms. The summed E-state index contributed by atoms with van der Waals surface area (Å²) < 4.78 is 1.82. The summed E-state index contributed by atoms with van der Waals surface area (Å²) in [6.07, 6.45) is 6.10. The first-order valence-corrected chi connectivity index (χ1v) is 9.85. The van der Waals surface area contributed by atoms with Gasteiger partial charge >= 0.3 is 0 Å². The van der Waals surface area contributed by atoms with Gasteiger partial charge in [0.2, 0.25) is 5.91 Å². The number of nitrogens with zero attached hydrogens (tertiary/aromatic N) is 4. The van der Waals surface area contributed by atoms with Crippen molar-refractivity contribution in [3.8, 4) is 5.69 Å². The summed E-state index contributed by atoms with van der Waals surface area (Å²) in [5, 5.41) is 4.25. The third kappa shape index (κ3) is 4.15. The van der Waals surface area contributed by atoms with Crippen LogP contribution in [0.15, 0.2) is 73.1 Å². The van der Waals surface area contributed by atoms with Crippen molar-refractivity contribution in [1.82, 2.24) is 14.7 Å². The maximum absolute atomic E-state index is 13.3. The topological polar surface area (TPSA) is 41.4 Å². The number of likely N-dealkylation sites (tertiary alicyclic amines) is 1. The summed E-state index contributed by atoms with van der Waals surface area (Å²) in [5.41, 5.74) is 3.02. The molecule has 5 heteroatoms. The highest BCUT2D eigenvalue weighted by atomic mass is 16.2. The molecule has 1 aliphatic rings. The van der Waals surface area contributed by atoms with Crippen molar-refractivity contribution in [1.29, 1.82) is 0 Å². The number of carbonyl (C=O) groups excluding carboxylic acids is 1. The first-order valence-electron chi connectivity index (χ1n) is 9.85. The molecular weight excluding hydrogens is 348 g/mol. The maximum Gasteiger partial charge on any atom is 0.231 e. The highest BCUT2D eigenvalue weighted by molar-refractivity contribution is 5.95. The fourth-order valence-electron chi connectivity index (χ4n) is 3.85. The SMILES string of the molecule is CN1CCC(N(C(=O)Cc2ccc(-n3cccn3)cc2)c2ccccc2)CC1. The fourth-order valence-corrected chi connectivity index (χ4v) is 3.85.